The molecule has 1 aromatic carbocycles. The highest BCUT2D eigenvalue weighted by Gasteiger charge is 2.40. The van der Waals surface area contributed by atoms with Crippen molar-refractivity contribution in [2.24, 2.45) is 0 Å². The zero-order chi connectivity index (χ0) is 14.9. The van der Waals surface area contributed by atoms with E-state index in [1.165, 1.54) is 6.42 Å². The lowest BCUT2D eigenvalue weighted by atomic mass is 9.95. The molecule has 0 spiro atoms. The minimum Gasteiger partial charge on any atom is -0.430 e. The van der Waals surface area contributed by atoms with Gasteiger partial charge in [0.25, 0.3) is 11.1 Å². The van der Waals surface area contributed by atoms with Crippen LogP contribution >= 0.6 is 11.3 Å². The Morgan fingerprint density at radius 3 is 2.86 bits per heavy atom. The van der Waals surface area contributed by atoms with Crippen molar-refractivity contribution in [1.82, 2.24) is 20.8 Å². The number of hydrogen-bond donors (Lipinski definition) is 2. The van der Waals surface area contributed by atoms with Crippen molar-refractivity contribution in [3.63, 3.8) is 0 Å². The number of carbonyl (C=O) groups is 1. The Labute approximate surface area is 131 Å². The maximum Gasteiger partial charge on any atom is 0.300 e. The lowest BCUT2D eigenvalue weighted by Gasteiger charge is -2.20. The Bertz CT molecular complexity index is 675. The molecule has 0 saturated carbocycles. The van der Waals surface area contributed by atoms with Gasteiger partial charge in [0.05, 0.1) is 0 Å². The van der Waals surface area contributed by atoms with Gasteiger partial charge in [0.2, 0.25) is 5.01 Å². The molecule has 2 fully saturated rings. The second-order valence-electron chi connectivity index (χ2n) is 5.65. The Morgan fingerprint density at radius 2 is 2.14 bits per heavy atom. The largest absolute Gasteiger partial charge is 0.430 e. The molecule has 3 heterocycles. The first-order valence-electron chi connectivity index (χ1n) is 7.41. The van der Waals surface area contributed by atoms with Gasteiger partial charge in [-0.3, -0.25) is 4.79 Å². The van der Waals surface area contributed by atoms with Crippen LogP contribution in [-0.2, 0) is 0 Å². The number of rotatable bonds is 4. The molecule has 4 rings (SSSR count). The summed E-state index contributed by atoms with van der Waals surface area (Å²) in [6, 6.07) is 10.5. The van der Waals surface area contributed by atoms with Crippen LogP contribution in [0.2, 0.25) is 0 Å². The molecule has 0 radical (unpaired) electrons. The SMILES string of the molecule is O=C(NC1CC2CCC1N2)c1nnc(Oc2ccccc2)s1. The van der Waals surface area contributed by atoms with Crippen LogP contribution in [0.15, 0.2) is 30.3 Å². The third-order valence-corrected chi connectivity index (χ3v) is 4.97. The van der Waals surface area contributed by atoms with Gasteiger partial charge in [-0.1, -0.05) is 23.3 Å². The van der Waals surface area contributed by atoms with Gasteiger partial charge in [-0.25, -0.2) is 0 Å². The summed E-state index contributed by atoms with van der Waals surface area (Å²) in [4.78, 5) is 12.3. The quantitative estimate of drug-likeness (QED) is 0.902. The smallest absolute Gasteiger partial charge is 0.300 e. The first-order chi connectivity index (χ1) is 10.8. The van der Waals surface area contributed by atoms with E-state index in [2.05, 4.69) is 20.8 Å². The van der Waals surface area contributed by atoms with E-state index < -0.39 is 0 Å². The minimum absolute atomic E-state index is 0.167. The summed E-state index contributed by atoms with van der Waals surface area (Å²) in [5, 5.41) is 15.1. The summed E-state index contributed by atoms with van der Waals surface area (Å²) >= 11 is 1.16. The second-order valence-corrected chi connectivity index (χ2v) is 6.59. The lowest BCUT2D eigenvalue weighted by Crippen LogP contribution is -2.42. The Kier molecular flexibility index (Phi) is 3.51. The number of para-hydroxylation sites is 1. The van der Waals surface area contributed by atoms with Crippen LogP contribution in [0, 0.1) is 0 Å². The highest BCUT2D eigenvalue weighted by molar-refractivity contribution is 7.15. The number of amides is 1. The van der Waals surface area contributed by atoms with Crippen LogP contribution in [0.4, 0.5) is 0 Å². The number of aromatic nitrogens is 2. The second kappa shape index (κ2) is 5.66. The average Bonchev–Trinajstić information content (AvgIpc) is 3.24. The molecule has 0 aliphatic carbocycles. The number of fused-ring (bicyclic) bond motifs is 2. The predicted octanol–water partition coefficient (Wildman–Crippen LogP) is 1.95. The van der Waals surface area contributed by atoms with E-state index in [1.54, 1.807) is 0 Å². The normalized spacial score (nSPS) is 26.1. The summed E-state index contributed by atoms with van der Waals surface area (Å²) in [5.74, 6) is 0.516. The number of nitrogens with zero attached hydrogens (tertiary/aromatic N) is 2. The van der Waals surface area contributed by atoms with Crippen molar-refractivity contribution in [2.45, 2.75) is 37.4 Å². The number of ether oxygens (including phenoxy) is 1. The van der Waals surface area contributed by atoms with Gasteiger partial charge in [-0.15, -0.1) is 5.10 Å². The highest BCUT2D eigenvalue weighted by Crippen LogP contribution is 2.29. The van der Waals surface area contributed by atoms with Gasteiger partial charge in [0, 0.05) is 18.1 Å². The summed E-state index contributed by atoms with van der Waals surface area (Å²) in [7, 11) is 0. The number of benzene rings is 1. The number of carbonyl (C=O) groups excluding carboxylic acids is 1. The molecule has 1 aromatic heterocycles. The van der Waals surface area contributed by atoms with Gasteiger partial charge < -0.3 is 15.4 Å². The van der Waals surface area contributed by atoms with Crippen LogP contribution in [0.1, 0.15) is 29.1 Å². The van der Waals surface area contributed by atoms with Crippen LogP contribution in [-0.4, -0.2) is 34.2 Å². The Balaban J connectivity index is 1.39. The maximum atomic E-state index is 12.3. The lowest BCUT2D eigenvalue weighted by molar-refractivity contribution is 0.0930. The van der Waals surface area contributed by atoms with Crippen LogP contribution in [0.3, 0.4) is 0 Å². The highest BCUT2D eigenvalue weighted by atomic mass is 32.1. The zero-order valence-electron chi connectivity index (χ0n) is 11.9. The van der Waals surface area contributed by atoms with E-state index >= 15 is 0 Å². The predicted molar refractivity (Wildman–Crippen MR) is 82.2 cm³/mol. The molecular formula is C15H16N4O2S. The molecule has 6 nitrogen and oxygen atoms in total. The topological polar surface area (TPSA) is 76.1 Å². The van der Waals surface area contributed by atoms with Crippen molar-refractivity contribution in [3.8, 4) is 10.9 Å². The van der Waals surface area contributed by atoms with Gasteiger partial charge in [-0.2, -0.15) is 0 Å². The molecule has 2 aromatic rings. The summed E-state index contributed by atoms with van der Waals surface area (Å²) in [5.41, 5.74) is 0. The van der Waals surface area contributed by atoms with E-state index in [0.717, 1.165) is 24.2 Å². The molecule has 2 saturated heterocycles. The van der Waals surface area contributed by atoms with E-state index in [0.29, 0.717) is 28.0 Å². The van der Waals surface area contributed by atoms with Crippen LogP contribution in [0.5, 0.6) is 10.9 Å². The molecule has 114 valence electrons. The zero-order valence-corrected chi connectivity index (χ0v) is 12.7. The molecule has 1 amide bonds. The molecule has 22 heavy (non-hydrogen) atoms. The molecule has 2 aliphatic heterocycles. The fourth-order valence-corrected chi connectivity index (χ4v) is 3.76. The maximum absolute atomic E-state index is 12.3. The summed E-state index contributed by atoms with van der Waals surface area (Å²) < 4.78 is 5.58. The van der Waals surface area contributed by atoms with Gasteiger partial charge in [0.1, 0.15) is 5.75 Å². The fourth-order valence-electron chi connectivity index (χ4n) is 3.15. The first kappa shape index (κ1) is 13.7. The van der Waals surface area contributed by atoms with Crippen molar-refractivity contribution < 1.29 is 9.53 Å². The molecule has 2 aliphatic rings. The summed E-state index contributed by atoms with van der Waals surface area (Å²) in [6.45, 7) is 0. The minimum atomic E-state index is -0.167. The fraction of sp³-hybridized carbons (Fsp3) is 0.400. The third-order valence-electron chi connectivity index (χ3n) is 4.17. The van der Waals surface area contributed by atoms with Crippen LogP contribution < -0.4 is 15.4 Å². The molecule has 7 heteroatoms. The van der Waals surface area contributed by atoms with Crippen molar-refractivity contribution in [3.05, 3.63) is 35.3 Å². The van der Waals surface area contributed by atoms with Gasteiger partial charge in [0.15, 0.2) is 0 Å². The van der Waals surface area contributed by atoms with Gasteiger partial charge in [-0.05, 0) is 42.7 Å². The van der Waals surface area contributed by atoms with E-state index in [9.17, 15) is 4.79 Å². The van der Waals surface area contributed by atoms with Crippen molar-refractivity contribution in [2.75, 3.05) is 0 Å². The van der Waals surface area contributed by atoms with Gasteiger partial charge >= 0.3 is 0 Å². The number of hydrogen-bond acceptors (Lipinski definition) is 6. The molecule has 2 bridgehead atoms. The summed E-state index contributed by atoms with van der Waals surface area (Å²) in [6.07, 6.45) is 3.35. The van der Waals surface area contributed by atoms with Crippen molar-refractivity contribution in [1.29, 1.82) is 0 Å². The third kappa shape index (κ3) is 2.69. The van der Waals surface area contributed by atoms with E-state index in [-0.39, 0.29) is 11.9 Å². The molecule has 3 atom stereocenters. The number of nitrogens with one attached hydrogen (secondary N) is 2. The van der Waals surface area contributed by atoms with E-state index in [1.807, 2.05) is 30.3 Å². The standard InChI is InChI=1S/C15H16N4O2S/c20-13(17-12-8-9-6-7-11(12)16-9)14-18-19-15(22-14)21-10-4-2-1-3-5-10/h1-5,9,11-12,16H,6-8H2,(H,17,20). The molecule has 3 unspecified atom stereocenters. The first-order valence-corrected chi connectivity index (χ1v) is 8.23. The molecular weight excluding hydrogens is 300 g/mol. The Morgan fingerprint density at radius 1 is 1.27 bits per heavy atom. The molecule has 2 N–H and O–H groups in total. The monoisotopic (exact) mass is 316 g/mol. The average molecular weight is 316 g/mol. The van der Waals surface area contributed by atoms with E-state index in [4.69, 9.17) is 4.74 Å². The van der Waals surface area contributed by atoms with Crippen molar-refractivity contribution >= 4 is 17.2 Å². The van der Waals surface area contributed by atoms with Crippen LogP contribution in [0.25, 0.3) is 0 Å². The Hall–Kier alpha value is -1.99.